The number of nitrogens with one attached hydrogen (secondary N) is 1. The predicted molar refractivity (Wildman–Crippen MR) is 73.1 cm³/mol. The topological polar surface area (TPSA) is 64.0 Å². The van der Waals surface area contributed by atoms with Gasteiger partial charge in [0.25, 0.3) is 0 Å². The summed E-state index contributed by atoms with van der Waals surface area (Å²) in [6.07, 6.45) is 4.31. The van der Waals surface area contributed by atoms with Crippen molar-refractivity contribution in [3.8, 4) is 0 Å². The molecule has 0 amide bonds. The highest BCUT2D eigenvalue weighted by molar-refractivity contribution is 7.89. The Kier molecular flexibility index (Phi) is 4.01. The van der Waals surface area contributed by atoms with Gasteiger partial charge in [-0.15, -0.1) is 0 Å². The van der Waals surface area contributed by atoms with Crippen molar-refractivity contribution in [3.05, 3.63) is 47.8 Å². The van der Waals surface area contributed by atoms with Crippen molar-refractivity contribution in [1.82, 2.24) is 14.5 Å². The Morgan fingerprint density at radius 2 is 1.89 bits per heavy atom. The summed E-state index contributed by atoms with van der Waals surface area (Å²) >= 11 is 0. The normalized spacial score (nSPS) is 11.7. The van der Waals surface area contributed by atoms with Crippen LogP contribution in [0.3, 0.4) is 0 Å². The zero-order chi connectivity index (χ0) is 13.9. The van der Waals surface area contributed by atoms with E-state index < -0.39 is 10.0 Å². The monoisotopic (exact) mass is 279 g/mol. The number of sulfonamides is 1. The van der Waals surface area contributed by atoms with Gasteiger partial charge in [0.05, 0.1) is 11.1 Å². The molecule has 1 aromatic heterocycles. The number of nitrogens with zero attached hydrogens (tertiary/aromatic N) is 2. The SMILES string of the molecule is CCc1ccc(S(=O)(=O)NCc2cnn(C)c2)cc1. The lowest BCUT2D eigenvalue weighted by Gasteiger charge is -2.06. The molecule has 0 radical (unpaired) electrons. The fourth-order valence-corrected chi connectivity index (χ4v) is 2.75. The summed E-state index contributed by atoms with van der Waals surface area (Å²) in [6, 6.07) is 6.92. The first-order valence-electron chi connectivity index (χ1n) is 6.07. The van der Waals surface area contributed by atoms with E-state index in [2.05, 4.69) is 9.82 Å². The molecule has 1 heterocycles. The zero-order valence-corrected chi connectivity index (χ0v) is 11.8. The highest BCUT2D eigenvalue weighted by atomic mass is 32.2. The van der Waals surface area contributed by atoms with Gasteiger partial charge in [-0.25, -0.2) is 13.1 Å². The van der Waals surface area contributed by atoms with E-state index in [0.29, 0.717) is 0 Å². The van der Waals surface area contributed by atoms with Crippen LogP contribution < -0.4 is 4.72 Å². The van der Waals surface area contributed by atoms with Crippen molar-refractivity contribution in [3.63, 3.8) is 0 Å². The van der Waals surface area contributed by atoms with Gasteiger partial charge in [-0.3, -0.25) is 4.68 Å². The Morgan fingerprint density at radius 1 is 1.21 bits per heavy atom. The minimum atomic E-state index is -3.46. The Morgan fingerprint density at radius 3 is 2.42 bits per heavy atom. The van der Waals surface area contributed by atoms with Gasteiger partial charge >= 0.3 is 0 Å². The largest absolute Gasteiger partial charge is 0.275 e. The van der Waals surface area contributed by atoms with Crippen molar-refractivity contribution in [2.45, 2.75) is 24.8 Å². The molecule has 2 rings (SSSR count). The van der Waals surface area contributed by atoms with Gasteiger partial charge in [-0.2, -0.15) is 5.10 Å². The molecule has 0 aliphatic carbocycles. The molecule has 102 valence electrons. The summed E-state index contributed by atoms with van der Waals surface area (Å²) in [6.45, 7) is 2.27. The minimum absolute atomic E-state index is 0.242. The maximum Gasteiger partial charge on any atom is 0.240 e. The van der Waals surface area contributed by atoms with Crippen molar-refractivity contribution < 1.29 is 8.42 Å². The molecule has 0 fully saturated rings. The van der Waals surface area contributed by atoms with E-state index in [1.54, 1.807) is 36.3 Å². The molecule has 5 nitrogen and oxygen atoms in total. The first-order valence-corrected chi connectivity index (χ1v) is 7.55. The number of hydrogen-bond acceptors (Lipinski definition) is 3. The summed E-state index contributed by atoms with van der Waals surface area (Å²) in [4.78, 5) is 0.286. The third-order valence-electron chi connectivity index (χ3n) is 2.87. The smallest absolute Gasteiger partial charge is 0.240 e. The summed E-state index contributed by atoms with van der Waals surface area (Å²) in [5.74, 6) is 0. The molecular weight excluding hydrogens is 262 g/mol. The fraction of sp³-hybridized carbons (Fsp3) is 0.308. The second kappa shape index (κ2) is 5.54. The molecule has 19 heavy (non-hydrogen) atoms. The molecular formula is C13H17N3O2S. The van der Waals surface area contributed by atoms with E-state index in [-0.39, 0.29) is 11.4 Å². The predicted octanol–water partition coefficient (Wildman–Crippen LogP) is 1.46. The third kappa shape index (κ3) is 3.42. The number of hydrogen-bond donors (Lipinski definition) is 1. The van der Waals surface area contributed by atoms with Gasteiger partial charge in [0.15, 0.2) is 0 Å². The van der Waals surface area contributed by atoms with Gasteiger partial charge in [0.1, 0.15) is 0 Å². The first-order chi connectivity index (χ1) is 9.01. The fourth-order valence-electron chi connectivity index (χ4n) is 1.73. The number of aryl methyl sites for hydroxylation is 2. The Hall–Kier alpha value is -1.66. The standard InChI is InChI=1S/C13H17N3O2S/c1-3-11-4-6-13(7-5-11)19(17,18)15-9-12-8-14-16(2)10-12/h4-8,10,15H,3,9H2,1-2H3. The minimum Gasteiger partial charge on any atom is -0.275 e. The van der Waals surface area contributed by atoms with Crippen LogP contribution in [-0.4, -0.2) is 18.2 Å². The van der Waals surface area contributed by atoms with Crippen LogP contribution in [0.2, 0.25) is 0 Å². The van der Waals surface area contributed by atoms with Gasteiger partial charge in [-0.05, 0) is 24.1 Å². The summed E-state index contributed by atoms with van der Waals surface area (Å²) in [7, 11) is -1.67. The van der Waals surface area contributed by atoms with Crippen LogP contribution in [0, 0.1) is 0 Å². The maximum atomic E-state index is 12.1. The number of benzene rings is 1. The van der Waals surface area contributed by atoms with Crippen LogP contribution in [0.5, 0.6) is 0 Å². The van der Waals surface area contributed by atoms with E-state index in [0.717, 1.165) is 17.5 Å². The van der Waals surface area contributed by atoms with Gasteiger partial charge in [-0.1, -0.05) is 19.1 Å². The molecule has 0 atom stereocenters. The van der Waals surface area contributed by atoms with Crippen LogP contribution in [0.1, 0.15) is 18.1 Å². The van der Waals surface area contributed by atoms with Crippen molar-refractivity contribution in [2.24, 2.45) is 7.05 Å². The van der Waals surface area contributed by atoms with Gasteiger partial charge < -0.3 is 0 Å². The molecule has 0 unspecified atom stereocenters. The van der Waals surface area contributed by atoms with E-state index in [9.17, 15) is 8.42 Å². The molecule has 0 aliphatic heterocycles. The molecule has 1 N–H and O–H groups in total. The highest BCUT2D eigenvalue weighted by Crippen LogP contribution is 2.11. The highest BCUT2D eigenvalue weighted by Gasteiger charge is 2.13. The van der Waals surface area contributed by atoms with E-state index in [4.69, 9.17) is 0 Å². The lowest BCUT2D eigenvalue weighted by atomic mass is 10.2. The molecule has 0 spiro atoms. The van der Waals surface area contributed by atoms with E-state index in [1.165, 1.54) is 0 Å². The Labute approximate surface area is 113 Å². The maximum absolute atomic E-state index is 12.1. The van der Waals surface area contributed by atoms with Crippen LogP contribution in [-0.2, 0) is 30.0 Å². The molecule has 1 aromatic carbocycles. The van der Waals surface area contributed by atoms with Crippen LogP contribution in [0.4, 0.5) is 0 Å². The van der Waals surface area contributed by atoms with E-state index in [1.807, 2.05) is 19.1 Å². The lowest BCUT2D eigenvalue weighted by Crippen LogP contribution is -2.23. The van der Waals surface area contributed by atoms with Crippen LogP contribution in [0.25, 0.3) is 0 Å². The molecule has 0 aliphatic rings. The van der Waals surface area contributed by atoms with Crippen LogP contribution >= 0.6 is 0 Å². The summed E-state index contributed by atoms with van der Waals surface area (Å²) in [5, 5.41) is 3.99. The quantitative estimate of drug-likeness (QED) is 0.901. The summed E-state index contributed by atoms with van der Waals surface area (Å²) in [5.41, 5.74) is 1.95. The Bertz CT molecular complexity index is 645. The number of rotatable bonds is 5. The molecule has 0 bridgehead atoms. The second-order valence-electron chi connectivity index (χ2n) is 4.34. The van der Waals surface area contributed by atoms with Crippen molar-refractivity contribution in [1.29, 1.82) is 0 Å². The van der Waals surface area contributed by atoms with Gasteiger partial charge in [0.2, 0.25) is 10.0 Å². The van der Waals surface area contributed by atoms with Crippen LogP contribution in [0.15, 0.2) is 41.6 Å². The third-order valence-corrected chi connectivity index (χ3v) is 4.28. The van der Waals surface area contributed by atoms with Gasteiger partial charge in [0, 0.05) is 25.4 Å². The number of aromatic nitrogens is 2. The lowest BCUT2D eigenvalue weighted by molar-refractivity contribution is 0.581. The van der Waals surface area contributed by atoms with Crippen molar-refractivity contribution >= 4 is 10.0 Å². The molecule has 2 aromatic rings. The molecule has 0 saturated carbocycles. The molecule has 0 saturated heterocycles. The Balaban J connectivity index is 2.09. The second-order valence-corrected chi connectivity index (χ2v) is 6.11. The summed E-state index contributed by atoms with van der Waals surface area (Å²) < 4.78 is 28.3. The molecule has 6 heteroatoms. The average Bonchev–Trinajstić information content (AvgIpc) is 2.82. The van der Waals surface area contributed by atoms with E-state index >= 15 is 0 Å². The van der Waals surface area contributed by atoms with Crippen molar-refractivity contribution in [2.75, 3.05) is 0 Å². The zero-order valence-electron chi connectivity index (χ0n) is 11.0. The average molecular weight is 279 g/mol. The first kappa shape index (κ1) is 13.8.